The second-order valence-corrected chi connectivity index (χ2v) is 9.78. The Morgan fingerprint density at radius 1 is 0.559 bits per heavy atom. The lowest BCUT2D eigenvalue weighted by Gasteiger charge is -2.31. The van der Waals surface area contributed by atoms with Gasteiger partial charge in [-0.15, -0.1) is 0 Å². The highest BCUT2D eigenvalue weighted by Crippen LogP contribution is 2.05. The van der Waals surface area contributed by atoms with Crippen molar-refractivity contribution < 1.29 is 19.1 Å². The summed E-state index contributed by atoms with van der Waals surface area (Å²) in [5.74, 6) is 0.442. The van der Waals surface area contributed by atoms with Crippen LogP contribution < -0.4 is 0 Å². The van der Waals surface area contributed by atoms with E-state index >= 15 is 0 Å². The largest absolute Gasteiger partial charge is 0.378 e. The number of hydrogen-bond donors (Lipinski definition) is 0. The van der Waals surface area contributed by atoms with Crippen molar-refractivity contribution in [2.75, 3.05) is 133 Å². The molecule has 2 heterocycles. The number of carbonyl (C=O) groups excluding carboxylic acids is 2. The van der Waals surface area contributed by atoms with E-state index in [1.54, 1.807) is 0 Å². The maximum absolute atomic E-state index is 12.7. The number of nitrogens with zero attached hydrogens (tertiary/aromatic N) is 6. The van der Waals surface area contributed by atoms with Crippen LogP contribution >= 0.6 is 0 Å². The molecule has 0 aliphatic carbocycles. The molecule has 2 rings (SSSR count). The van der Waals surface area contributed by atoms with E-state index < -0.39 is 0 Å². The Labute approximate surface area is 206 Å². The normalized spacial score (nSPS) is 17.4. The standard InChI is InChI=1S/C24H48N6O4/c1-25(2)9-11-27(7-5-23(31)29-15-19-33-20-16-29)13-14-28(12-10-26(3)4)8-6-24(32)30-17-21-34-22-18-30/h5-22H2,1-4H3. The quantitative estimate of drug-likeness (QED) is 0.300. The van der Waals surface area contributed by atoms with Crippen LogP contribution in [0.5, 0.6) is 0 Å². The van der Waals surface area contributed by atoms with Gasteiger partial charge in [-0.1, -0.05) is 0 Å². The van der Waals surface area contributed by atoms with E-state index in [9.17, 15) is 9.59 Å². The SMILES string of the molecule is CN(C)CCN(CCC(=O)N1CCOCC1)CCN(CCC(=O)N1CCOCC1)CCN(C)C. The maximum atomic E-state index is 12.7. The van der Waals surface area contributed by atoms with Gasteiger partial charge < -0.3 is 38.9 Å². The highest BCUT2D eigenvalue weighted by atomic mass is 16.5. The van der Waals surface area contributed by atoms with E-state index in [4.69, 9.17) is 9.47 Å². The zero-order chi connectivity index (χ0) is 24.8. The zero-order valence-electron chi connectivity index (χ0n) is 22.0. The molecule has 0 N–H and O–H groups in total. The Bertz CT molecular complexity index is 530. The molecule has 0 radical (unpaired) electrons. The summed E-state index contributed by atoms with van der Waals surface area (Å²) < 4.78 is 10.7. The molecule has 2 fully saturated rings. The molecule has 2 saturated heterocycles. The van der Waals surface area contributed by atoms with Crippen molar-refractivity contribution >= 4 is 11.8 Å². The molecule has 0 spiro atoms. The summed E-state index contributed by atoms with van der Waals surface area (Å²) >= 11 is 0. The van der Waals surface area contributed by atoms with Crippen LogP contribution in [0.4, 0.5) is 0 Å². The number of amides is 2. The number of carbonyl (C=O) groups is 2. The molecule has 10 nitrogen and oxygen atoms in total. The van der Waals surface area contributed by atoms with Crippen LogP contribution in [0, 0.1) is 0 Å². The third kappa shape index (κ3) is 11.9. The highest BCUT2D eigenvalue weighted by molar-refractivity contribution is 5.76. The predicted molar refractivity (Wildman–Crippen MR) is 134 cm³/mol. The molecule has 0 saturated carbocycles. The average Bonchev–Trinajstić information content (AvgIpc) is 2.84. The maximum Gasteiger partial charge on any atom is 0.224 e. The predicted octanol–water partition coefficient (Wildman–Crippen LogP) is -0.789. The van der Waals surface area contributed by atoms with Crippen molar-refractivity contribution in [2.45, 2.75) is 12.8 Å². The Balaban J connectivity index is 1.85. The molecule has 2 aliphatic rings. The van der Waals surface area contributed by atoms with E-state index in [-0.39, 0.29) is 11.8 Å². The molecule has 198 valence electrons. The molecular formula is C24H48N6O4. The van der Waals surface area contributed by atoms with Crippen LogP contribution in [0.1, 0.15) is 12.8 Å². The first-order chi connectivity index (χ1) is 16.3. The minimum atomic E-state index is 0.221. The zero-order valence-corrected chi connectivity index (χ0v) is 22.0. The average molecular weight is 485 g/mol. The van der Waals surface area contributed by atoms with Crippen molar-refractivity contribution in [3.63, 3.8) is 0 Å². The fraction of sp³-hybridized carbons (Fsp3) is 0.917. The molecule has 0 bridgehead atoms. The van der Waals surface area contributed by atoms with Gasteiger partial charge in [0.25, 0.3) is 0 Å². The van der Waals surface area contributed by atoms with Crippen LogP contribution in [-0.4, -0.2) is 174 Å². The lowest BCUT2D eigenvalue weighted by molar-refractivity contribution is -0.136. The minimum absolute atomic E-state index is 0.221. The van der Waals surface area contributed by atoms with Gasteiger partial charge >= 0.3 is 0 Å². The van der Waals surface area contributed by atoms with E-state index in [1.165, 1.54) is 0 Å². The van der Waals surface area contributed by atoms with Gasteiger partial charge in [0.2, 0.25) is 11.8 Å². The summed E-state index contributed by atoms with van der Waals surface area (Å²) in [4.78, 5) is 38.3. The van der Waals surface area contributed by atoms with Crippen molar-refractivity contribution in [3.8, 4) is 0 Å². The molecule has 34 heavy (non-hydrogen) atoms. The molecule has 0 aromatic heterocycles. The number of hydrogen-bond acceptors (Lipinski definition) is 8. The minimum Gasteiger partial charge on any atom is -0.378 e. The van der Waals surface area contributed by atoms with Gasteiger partial charge in [-0.25, -0.2) is 0 Å². The number of rotatable bonds is 15. The Morgan fingerprint density at radius 3 is 1.21 bits per heavy atom. The molecule has 0 aromatic rings. The first kappa shape index (κ1) is 28.9. The van der Waals surface area contributed by atoms with Crippen LogP contribution in [0.3, 0.4) is 0 Å². The fourth-order valence-electron chi connectivity index (χ4n) is 4.09. The summed E-state index contributed by atoms with van der Waals surface area (Å²) in [6.45, 7) is 12.4. The van der Waals surface area contributed by atoms with Crippen molar-refractivity contribution in [1.29, 1.82) is 0 Å². The van der Waals surface area contributed by atoms with Crippen LogP contribution in [0.2, 0.25) is 0 Å². The number of morpholine rings is 2. The van der Waals surface area contributed by atoms with Crippen LogP contribution in [0.15, 0.2) is 0 Å². The Morgan fingerprint density at radius 2 is 0.882 bits per heavy atom. The summed E-state index contributed by atoms with van der Waals surface area (Å²) in [7, 11) is 8.32. The van der Waals surface area contributed by atoms with Crippen LogP contribution in [0.25, 0.3) is 0 Å². The summed E-state index contributed by atoms with van der Waals surface area (Å²) in [5.41, 5.74) is 0. The van der Waals surface area contributed by atoms with E-state index in [0.717, 1.165) is 52.4 Å². The Hall–Kier alpha value is -1.30. The highest BCUT2D eigenvalue weighted by Gasteiger charge is 2.20. The van der Waals surface area contributed by atoms with Gasteiger partial charge in [-0.2, -0.15) is 0 Å². The number of ether oxygens (including phenoxy) is 2. The molecule has 0 unspecified atom stereocenters. The lowest BCUT2D eigenvalue weighted by Crippen LogP contribution is -2.45. The molecule has 0 aromatic carbocycles. The number of likely N-dealkylation sites (N-methyl/N-ethyl adjacent to an activating group) is 2. The molecule has 10 heteroatoms. The Kier molecular flexibility index (Phi) is 13.9. The smallest absolute Gasteiger partial charge is 0.224 e. The second kappa shape index (κ2) is 16.4. The third-order valence-corrected chi connectivity index (χ3v) is 6.47. The van der Waals surface area contributed by atoms with Gasteiger partial charge in [0.15, 0.2) is 0 Å². The molecular weight excluding hydrogens is 436 g/mol. The lowest BCUT2D eigenvalue weighted by atomic mass is 10.2. The fourth-order valence-corrected chi connectivity index (χ4v) is 4.09. The van der Waals surface area contributed by atoms with Gasteiger partial charge in [0.1, 0.15) is 0 Å². The van der Waals surface area contributed by atoms with Crippen LogP contribution in [-0.2, 0) is 19.1 Å². The van der Waals surface area contributed by atoms with E-state index in [0.29, 0.717) is 65.4 Å². The van der Waals surface area contributed by atoms with Gasteiger partial charge in [0.05, 0.1) is 26.4 Å². The first-order valence-corrected chi connectivity index (χ1v) is 12.8. The third-order valence-electron chi connectivity index (χ3n) is 6.47. The van der Waals surface area contributed by atoms with E-state index in [2.05, 4.69) is 47.8 Å². The van der Waals surface area contributed by atoms with Crippen molar-refractivity contribution in [1.82, 2.24) is 29.4 Å². The summed E-state index contributed by atoms with van der Waals surface area (Å²) in [6, 6.07) is 0. The second-order valence-electron chi connectivity index (χ2n) is 9.78. The topological polar surface area (TPSA) is 72.0 Å². The molecule has 2 aliphatic heterocycles. The summed E-state index contributed by atoms with van der Waals surface area (Å²) in [5, 5.41) is 0. The van der Waals surface area contributed by atoms with Gasteiger partial charge in [-0.05, 0) is 28.2 Å². The molecule has 2 amide bonds. The van der Waals surface area contributed by atoms with E-state index in [1.807, 2.05) is 9.80 Å². The molecule has 0 atom stereocenters. The summed E-state index contributed by atoms with van der Waals surface area (Å²) in [6.07, 6.45) is 1.08. The first-order valence-electron chi connectivity index (χ1n) is 12.8. The van der Waals surface area contributed by atoms with Gasteiger partial charge in [-0.3, -0.25) is 9.59 Å². The van der Waals surface area contributed by atoms with Crippen molar-refractivity contribution in [2.24, 2.45) is 0 Å². The van der Waals surface area contributed by atoms with Crippen molar-refractivity contribution in [3.05, 3.63) is 0 Å². The monoisotopic (exact) mass is 484 g/mol. The van der Waals surface area contributed by atoms with Gasteiger partial charge in [0, 0.05) is 91.4 Å².